The van der Waals surface area contributed by atoms with Crippen molar-refractivity contribution in [2.75, 3.05) is 0 Å². The van der Waals surface area contributed by atoms with Crippen molar-refractivity contribution >= 4 is 11.8 Å². The molecule has 5 heteroatoms. The van der Waals surface area contributed by atoms with E-state index in [2.05, 4.69) is 10.9 Å². The number of hydrogen-bond donors (Lipinski definition) is 2. The Kier molecular flexibility index (Phi) is 5.74. The van der Waals surface area contributed by atoms with Crippen LogP contribution in [0.15, 0.2) is 54.6 Å². The van der Waals surface area contributed by atoms with E-state index in [-0.39, 0.29) is 17.9 Å². The molecule has 0 fully saturated rings. The standard InChI is InChI=1S/C18H20N2O3/c1-3-13(2)23-16-11-9-15(10-12-16)18(22)20-19-17(21)14-7-5-4-6-8-14/h4-13H,3H2,1-2H3,(H,19,21)(H,20,22). The number of ether oxygens (including phenoxy) is 1. The van der Waals surface area contributed by atoms with Crippen molar-refractivity contribution in [3.8, 4) is 5.75 Å². The maximum atomic E-state index is 12.0. The van der Waals surface area contributed by atoms with Crippen LogP contribution in [0, 0.1) is 0 Å². The zero-order valence-electron chi connectivity index (χ0n) is 13.2. The summed E-state index contributed by atoms with van der Waals surface area (Å²) < 4.78 is 5.65. The third kappa shape index (κ3) is 4.85. The Balaban J connectivity index is 1.89. The van der Waals surface area contributed by atoms with Crippen molar-refractivity contribution in [2.45, 2.75) is 26.4 Å². The number of amides is 2. The average molecular weight is 312 g/mol. The Labute approximate surface area is 135 Å². The molecular weight excluding hydrogens is 292 g/mol. The molecule has 0 aliphatic heterocycles. The molecule has 0 saturated heterocycles. The zero-order chi connectivity index (χ0) is 16.7. The quantitative estimate of drug-likeness (QED) is 0.834. The number of hydrogen-bond acceptors (Lipinski definition) is 3. The molecule has 1 unspecified atom stereocenters. The SMILES string of the molecule is CCC(C)Oc1ccc(C(=O)NNC(=O)c2ccccc2)cc1. The summed E-state index contributed by atoms with van der Waals surface area (Å²) >= 11 is 0. The largest absolute Gasteiger partial charge is 0.491 e. The summed E-state index contributed by atoms with van der Waals surface area (Å²) in [4.78, 5) is 23.8. The van der Waals surface area contributed by atoms with Crippen LogP contribution in [0.4, 0.5) is 0 Å². The van der Waals surface area contributed by atoms with Crippen molar-refractivity contribution in [1.82, 2.24) is 10.9 Å². The van der Waals surface area contributed by atoms with Gasteiger partial charge in [-0.3, -0.25) is 20.4 Å². The Morgan fingerprint density at radius 3 is 1.96 bits per heavy atom. The highest BCUT2D eigenvalue weighted by Crippen LogP contribution is 2.14. The number of carbonyl (C=O) groups excluding carboxylic acids is 2. The molecule has 0 radical (unpaired) electrons. The van der Waals surface area contributed by atoms with Crippen LogP contribution in [0.5, 0.6) is 5.75 Å². The van der Waals surface area contributed by atoms with E-state index in [1.165, 1.54) is 0 Å². The monoisotopic (exact) mass is 312 g/mol. The molecule has 2 aromatic rings. The topological polar surface area (TPSA) is 67.4 Å². The molecule has 0 bridgehead atoms. The van der Waals surface area contributed by atoms with Gasteiger partial charge in [-0.1, -0.05) is 25.1 Å². The van der Waals surface area contributed by atoms with Crippen LogP contribution in [0.1, 0.15) is 41.0 Å². The maximum Gasteiger partial charge on any atom is 0.269 e. The van der Waals surface area contributed by atoms with Crippen molar-refractivity contribution in [1.29, 1.82) is 0 Å². The molecular formula is C18H20N2O3. The van der Waals surface area contributed by atoms with Gasteiger partial charge in [0.05, 0.1) is 6.10 Å². The van der Waals surface area contributed by atoms with Crippen LogP contribution in [0.25, 0.3) is 0 Å². The molecule has 0 spiro atoms. The van der Waals surface area contributed by atoms with Crippen LogP contribution in [0.3, 0.4) is 0 Å². The molecule has 0 aliphatic rings. The molecule has 23 heavy (non-hydrogen) atoms. The fraction of sp³-hybridized carbons (Fsp3) is 0.222. The highest BCUT2D eigenvalue weighted by atomic mass is 16.5. The number of nitrogens with one attached hydrogen (secondary N) is 2. The van der Waals surface area contributed by atoms with E-state index < -0.39 is 0 Å². The first-order valence-electron chi connectivity index (χ1n) is 7.52. The minimum Gasteiger partial charge on any atom is -0.491 e. The second-order valence-corrected chi connectivity index (χ2v) is 5.14. The summed E-state index contributed by atoms with van der Waals surface area (Å²) in [7, 11) is 0. The molecule has 0 saturated carbocycles. The Morgan fingerprint density at radius 1 is 0.913 bits per heavy atom. The lowest BCUT2D eigenvalue weighted by Crippen LogP contribution is -2.41. The predicted molar refractivity (Wildman–Crippen MR) is 88.2 cm³/mol. The average Bonchev–Trinajstić information content (AvgIpc) is 2.60. The van der Waals surface area contributed by atoms with Crippen molar-refractivity contribution in [2.24, 2.45) is 0 Å². The van der Waals surface area contributed by atoms with Gasteiger partial charge in [-0.2, -0.15) is 0 Å². The molecule has 0 aliphatic carbocycles. The molecule has 0 aromatic heterocycles. The number of carbonyl (C=O) groups is 2. The van der Waals surface area contributed by atoms with E-state index in [1.54, 1.807) is 48.5 Å². The van der Waals surface area contributed by atoms with E-state index in [4.69, 9.17) is 4.74 Å². The number of rotatable bonds is 5. The number of benzene rings is 2. The van der Waals surface area contributed by atoms with E-state index in [1.807, 2.05) is 19.9 Å². The van der Waals surface area contributed by atoms with Crippen LogP contribution in [-0.2, 0) is 0 Å². The lowest BCUT2D eigenvalue weighted by atomic mass is 10.2. The van der Waals surface area contributed by atoms with E-state index in [0.717, 1.165) is 6.42 Å². The lowest BCUT2D eigenvalue weighted by molar-refractivity contribution is 0.0846. The lowest BCUT2D eigenvalue weighted by Gasteiger charge is -2.13. The van der Waals surface area contributed by atoms with Gasteiger partial charge in [0.1, 0.15) is 5.75 Å². The first kappa shape index (κ1) is 16.5. The first-order valence-corrected chi connectivity index (χ1v) is 7.52. The van der Waals surface area contributed by atoms with Crippen LogP contribution in [0.2, 0.25) is 0 Å². The molecule has 2 aromatic carbocycles. The van der Waals surface area contributed by atoms with Crippen LogP contribution >= 0.6 is 0 Å². The van der Waals surface area contributed by atoms with Crippen molar-refractivity contribution in [3.05, 3.63) is 65.7 Å². The minimum absolute atomic E-state index is 0.125. The van der Waals surface area contributed by atoms with Gasteiger partial charge >= 0.3 is 0 Å². The van der Waals surface area contributed by atoms with Crippen LogP contribution < -0.4 is 15.6 Å². The summed E-state index contributed by atoms with van der Waals surface area (Å²) in [6.07, 6.45) is 1.04. The first-order chi connectivity index (χ1) is 11.1. The van der Waals surface area contributed by atoms with Crippen LogP contribution in [-0.4, -0.2) is 17.9 Å². The van der Waals surface area contributed by atoms with Crippen molar-refractivity contribution in [3.63, 3.8) is 0 Å². The Bertz CT molecular complexity index is 654. The Hall–Kier alpha value is -2.82. The molecule has 2 amide bonds. The van der Waals surface area contributed by atoms with Gasteiger partial charge in [-0.05, 0) is 49.7 Å². The fourth-order valence-corrected chi connectivity index (χ4v) is 1.85. The smallest absolute Gasteiger partial charge is 0.269 e. The highest BCUT2D eigenvalue weighted by molar-refractivity contribution is 5.99. The second-order valence-electron chi connectivity index (χ2n) is 5.14. The normalized spacial score (nSPS) is 11.4. The molecule has 2 N–H and O–H groups in total. The molecule has 5 nitrogen and oxygen atoms in total. The van der Waals surface area contributed by atoms with Gasteiger partial charge in [-0.25, -0.2) is 0 Å². The maximum absolute atomic E-state index is 12.0. The molecule has 1 atom stereocenters. The van der Waals surface area contributed by atoms with Gasteiger partial charge in [0.2, 0.25) is 0 Å². The molecule has 120 valence electrons. The van der Waals surface area contributed by atoms with E-state index in [0.29, 0.717) is 16.9 Å². The highest BCUT2D eigenvalue weighted by Gasteiger charge is 2.09. The summed E-state index contributed by atoms with van der Waals surface area (Å²) in [5.74, 6) is -0.0377. The van der Waals surface area contributed by atoms with E-state index in [9.17, 15) is 9.59 Å². The van der Waals surface area contributed by atoms with Gasteiger partial charge in [0.25, 0.3) is 11.8 Å². The van der Waals surface area contributed by atoms with Gasteiger partial charge in [0.15, 0.2) is 0 Å². The van der Waals surface area contributed by atoms with Gasteiger partial charge < -0.3 is 4.74 Å². The van der Waals surface area contributed by atoms with E-state index >= 15 is 0 Å². The summed E-state index contributed by atoms with van der Waals surface area (Å²) in [5, 5.41) is 0. The molecule has 2 rings (SSSR count). The minimum atomic E-state index is -0.385. The molecule has 0 heterocycles. The fourth-order valence-electron chi connectivity index (χ4n) is 1.85. The zero-order valence-corrected chi connectivity index (χ0v) is 13.2. The number of hydrazine groups is 1. The summed E-state index contributed by atoms with van der Waals surface area (Å²) in [6, 6.07) is 15.5. The second kappa shape index (κ2) is 7.98. The summed E-state index contributed by atoms with van der Waals surface area (Å²) in [6.45, 7) is 4.03. The third-order valence-corrected chi connectivity index (χ3v) is 3.35. The Morgan fingerprint density at radius 2 is 1.43 bits per heavy atom. The van der Waals surface area contributed by atoms with Gasteiger partial charge in [0, 0.05) is 11.1 Å². The third-order valence-electron chi connectivity index (χ3n) is 3.35. The predicted octanol–water partition coefficient (Wildman–Crippen LogP) is 2.94. The summed E-state index contributed by atoms with van der Waals surface area (Å²) in [5.41, 5.74) is 5.69. The van der Waals surface area contributed by atoms with Crippen molar-refractivity contribution < 1.29 is 14.3 Å². The van der Waals surface area contributed by atoms with Gasteiger partial charge in [-0.15, -0.1) is 0 Å².